The van der Waals surface area contributed by atoms with Crippen molar-refractivity contribution >= 4 is 12.4 Å². The van der Waals surface area contributed by atoms with Crippen molar-refractivity contribution in [1.82, 2.24) is 4.90 Å². The van der Waals surface area contributed by atoms with Crippen LogP contribution >= 0.6 is 12.4 Å². The molecule has 1 heterocycles. The fourth-order valence-electron chi connectivity index (χ4n) is 2.80. The van der Waals surface area contributed by atoms with Crippen molar-refractivity contribution in [2.45, 2.75) is 39.4 Å². The number of halogens is 1. The summed E-state index contributed by atoms with van der Waals surface area (Å²) in [5, 5.41) is 10.0. The standard InChI is InChI=1S/C17H27NO2.ClH/c1-14-5-7-16(8-6-14)12-20-13-17(19)11-18-9-3-4-15(2)10-18;/h5-8,15,17,19H,3-4,9-13H2,1-2H3;1H. The summed E-state index contributed by atoms with van der Waals surface area (Å²) in [6, 6.07) is 8.33. The summed E-state index contributed by atoms with van der Waals surface area (Å²) in [5.74, 6) is 0.754. The lowest BCUT2D eigenvalue weighted by atomic mass is 10.0. The van der Waals surface area contributed by atoms with Gasteiger partial charge in [0.25, 0.3) is 0 Å². The molecule has 2 atom stereocenters. The molecule has 0 aliphatic carbocycles. The number of hydrogen-bond acceptors (Lipinski definition) is 3. The second kappa shape index (κ2) is 9.42. The highest BCUT2D eigenvalue weighted by atomic mass is 35.5. The van der Waals surface area contributed by atoms with Gasteiger partial charge in [0.15, 0.2) is 0 Å². The van der Waals surface area contributed by atoms with Gasteiger partial charge in [-0.15, -0.1) is 12.4 Å². The molecule has 0 saturated carbocycles. The van der Waals surface area contributed by atoms with Crippen molar-refractivity contribution in [1.29, 1.82) is 0 Å². The second-order valence-electron chi connectivity index (χ2n) is 6.16. The topological polar surface area (TPSA) is 32.7 Å². The summed E-state index contributed by atoms with van der Waals surface area (Å²) in [6.45, 7) is 8.31. The monoisotopic (exact) mass is 313 g/mol. The zero-order valence-electron chi connectivity index (χ0n) is 13.1. The van der Waals surface area contributed by atoms with Crippen LogP contribution in [0.3, 0.4) is 0 Å². The van der Waals surface area contributed by atoms with Crippen LogP contribution < -0.4 is 0 Å². The lowest BCUT2D eigenvalue weighted by molar-refractivity contribution is 0.00377. The molecule has 1 N–H and O–H groups in total. The van der Waals surface area contributed by atoms with E-state index < -0.39 is 0 Å². The zero-order chi connectivity index (χ0) is 14.4. The van der Waals surface area contributed by atoms with Crippen molar-refractivity contribution in [3.05, 3.63) is 35.4 Å². The molecule has 1 aromatic carbocycles. The zero-order valence-corrected chi connectivity index (χ0v) is 13.9. The van der Waals surface area contributed by atoms with Crippen LogP contribution in [0.15, 0.2) is 24.3 Å². The quantitative estimate of drug-likeness (QED) is 0.876. The average molecular weight is 314 g/mol. The fourth-order valence-corrected chi connectivity index (χ4v) is 2.80. The smallest absolute Gasteiger partial charge is 0.0900 e. The molecule has 0 aromatic heterocycles. The van der Waals surface area contributed by atoms with Crippen LogP contribution in [0.2, 0.25) is 0 Å². The molecule has 120 valence electrons. The average Bonchev–Trinajstić information content (AvgIpc) is 2.41. The van der Waals surface area contributed by atoms with E-state index in [4.69, 9.17) is 4.74 Å². The summed E-state index contributed by atoms with van der Waals surface area (Å²) in [6.07, 6.45) is 2.18. The van der Waals surface area contributed by atoms with Crippen LogP contribution in [-0.4, -0.2) is 42.4 Å². The highest BCUT2D eigenvalue weighted by Crippen LogP contribution is 2.15. The largest absolute Gasteiger partial charge is 0.389 e. The minimum absolute atomic E-state index is 0. The molecule has 0 bridgehead atoms. The number of likely N-dealkylation sites (tertiary alicyclic amines) is 1. The first-order valence-corrected chi connectivity index (χ1v) is 7.67. The lowest BCUT2D eigenvalue weighted by Gasteiger charge is -2.32. The van der Waals surface area contributed by atoms with Crippen LogP contribution in [0.4, 0.5) is 0 Å². The minimum atomic E-state index is -0.384. The molecule has 1 fully saturated rings. The number of β-amino-alcohol motifs (C(OH)–C–C–N with tert-alkyl or cyclic N) is 1. The Hall–Kier alpha value is -0.610. The maximum Gasteiger partial charge on any atom is 0.0900 e. The van der Waals surface area contributed by atoms with Crippen LogP contribution in [0.1, 0.15) is 30.9 Å². The number of nitrogens with zero attached hydrogens (tertiary/aromatic N) is 1. The van der Waals surface area contributed by atoms with Gasteiger partial charge in [0, 0.05) is 13.1 Å². The van der Waals surface area contributed by atoms with Gasteiger partial charge in [-0.05, 0) is 37.8 Å². The van der Waals surface area contributed by atoms with Crippen LogP contribution in [0.25, 0.3) is 0 Å². The van der Waals surface area contributed by atoms with Gasteiger partial charge in [0.1, 0.15) is 0 Å². The molecular weight excluding hydrogens is 286 g/mol. The van der Waals surface area contributed by atoms with Crippen LogP contribution in [0.5, 0.6) is 0 Å². The summed E-state index contributed by atoms with van der Waals surface area (Å²) in [4.78, 5) is 2.36. The number of ether oxygens (including phenoxy) is 1. The van der Waals surface area contributed by atoms with Crippen molar-refractivity contribution in [2.24, 2.45) is 5.92 Å². The SMILES string of the molecule is Cc1ccc(COCC(O)CN2CCCC(C)C2)cc1.Cl. The predicted molar refractivity (Wildman–Crippen MR) is 88.9 cm³/mol. The molecule has 2 unspecified atom stereocenters. The molecule has 2 rings (SSSR count). The number of piperidine rings is 1. The summed E-state index contributed by atoms with van der Waals surface area (Å²) < 4.78 is 5.61. The van der Waals surface area contributed by atoms with Gasteiger partial charge in [-0.3, -0.25) is 0 Å². The summed E-state index contributed by atoms with van der Waals surface area (Å²) in [7, 11) is 0. The number of benzene rings is 1. The van der Waals surface area contributed by atoms with E-state index in [2.05, 4.69) is 43.0 Å². The van der Waals surface area contributed by atoms with E-state index in [1.165, 1.54) is 18.4 Å². The van der Waals surface area contributed by atoms with E-state index in [1.54, 1.807) is 0 Å². The molecule has 21 heavy (non-hydrogen) atoms. The maximum atomic E-state index is 10.0. The summed E-state index contributed by atoms with van der Waals surface area (Å²) >= 11 is 0. The van der Waals surface area contributed by atoms with E-state index in [9.17, 15) is 5.11 Å². The third-order valence-corrected chi connectivity index (χ3v) is 3.91. The Labute approximate surface area is 134 Å². The Kier molecular flexibility index (Phi) is 8.27. The summed E-state index contributed by atoms with van der Waals surface area (Å²) in [5.41, 5.74) is 2.42. The van der Waals surface area contributed by atoms with Crippen LogP contribution in [0, 0.1) is 12.8 Å². The molecule has 3 nitrogen and oxygen atoms in total. The number of aliphatic hydroxyl groups excluding tert-OH is 1. The van der Waals surface area contributed by atoms with Gasteiger partial charge in [0.05, 0.1) is 19.3 Å². The van der Waals surface area contributed by atoms with Gasteiger partial charge in [-0.25, -0.2) is 0 Å². The second-order valence-corrected chi connectivity index (χ2v) is 6.16. The molecule has 1 aliphatic rings. The fraction of sp³-hybridized carbons (Fsp3) is 0.647. The number of rotatable bonds is 6. The Bertz CT molecular complexity index is 396. The van der Waals surface area contributed by atoms with E-state index >= 15 is 0 Å². The van der Waals surface area contributed by atoms with E-state index in [0.29, 0.717) is 13.2 Å². The van der Waals surface area contributed by atoms with Crippen LogP contribution in [-0.2, 0) is 11.3 Å². The van der Waals surface area contributed by atoms with Gasteiger partial charge in [-0.2, -0.15) is 0 Å². The van der Waals surface area contributed by atoms with Crippen molar-refractivity contribution in [3.63, 3.8) is 0 Å². The number of hydrogen-bond donors (Lipinski definition) is 1. The molecule has 1 aromatic rings. The van der Waals surface area contributed by atoms with E-state index in [1.807, 2.05) is 0 Å². The molecule has 0 radical (unpaired) electrons. The Morgan fingerprint density at radius 2 is 2.05 bits per heavy atom. The lowest BCUT2D eigenvalue weighted by Crippen LogP contribution is -2.40. The van der Waals surface area contributed by atoms with Gasteiger partial charge >= 0.3 is 0 Å². The molecule has 1 aliphatic heterocycles. The Morgan fingerprint density at radius 1 is 1.33 bits per heavy atom. The Balaban J connectivity index is 0.00000220. The Morgan fingerprint density at radius 3 is 2.71 bits per heavy atom. The number of aryl methyl sites for hydroxylation is 1. The van der Waals surface area contributed by atoms with Gasteiger partial charge in [-0.1, -0.05) is 36.8 Å². The van der Waals surface area contributed by atoms with Crippen molar-refractivity contribution in [3.8, 4) is 0 Å². The normalized spacial score (nSPS) is 20.8. The first-order valence-electron chi connectivity index (χ1n) is 7.67. The highest BCUT2D eigenvalue weighted by Gasteiger charge is 2.18. The molecular formula is C17H28ClNO2. The minimum Gasteiger partial charge on any atom is -0.389 e. The highest BCUT2D eigenvalue weighted by molar-refractivity contribution is 5.85. The van der Waals surface area contributed by atoms with E-state index in [-0.39, 0.29) is 18.5 Å². The van der Waals surface area contributed by atoms with Crippen molar-refractivity contribution in [2.75, 3.05) is 26.2 Å². The molecule has 0 amide bonds. The van der Waals surface area contributed by atoms with Gasteiger partial charge in [0.2, 0.25) is 0 Å². The molecule has 1 saturated heterocycles. The van der Waals surface area contributed by atoms with Crippen molar-refractivity contribution < 1.29 is 9.84 Å². The third kappa shape index (κ3) is 6.79. The maximum absolute atomic E-state index is 10.0. The molecule has 0 spiro atoms. The predicted octanol–water partition coefficient (Wildman–Crippen LogP) is 3.03. The first-order chi connectivity index (χ1) is 9.63. The first kappa shape index (κ1) is 18.4. The van der Waals surface area contributed by atoms with E-state index in [0.717, 1.165) is 31.1 Å². The van der Waals surface area contributed by atoms with Gasteiger partial charge < -0.3 is 14.7 Å². The molecule has 4 heteroatoms. The number of aliphatic hydroxyl groups is 1. The third-order valence-electron chi connectivity index (χ3n) is 3.91.